The molecule has 0 atom stereocenters. The van der Waals surface area contributed by atoms with Crippen molar-refractivity contribution in [1.29, 1.82) is 0 Å². The van der Waals surface area contributed by atoms with Gasteiger partial charge in [-0.15, -0.1) is 92.8 Å². The number of halogens is 8. The Morgan fingerprint density at radius 2 is 0.412 bits per heavy atom. The summed E-state index contributed by atoms with van der Waals surface area (Å²) in [6.07, 6.45) is 0. The van der Waals surface area contributed by atoms with Crippen molar-refractivity contribution in [3.05, 3.63) is 22.9 Å². The summed E-state index contributed by atoms with van der Waals surface area (Å²) in [5.74, 6) is 0. The zero-order chi connectivity index (χ0) is 14.3. The van der Waals surface area contributed by atoms with Crippen molar-refractivity contribution in [3.8, 4) is 0 Å². The first-order chi connectivity index (χ1) is 6.93. The van der Waals surface area contributed by atoms with Gasteiger partial charge in [-0.3, -0.25) is 0 Å². The molecular formula is C4H8Cl8N4Zr. The molecule has 0 rings (SSSR count). The summed E-state index contributed by atoms with van der Waals surface area (Å²) in [5.41, 5.74) is 24.5. The number of hydrogen-bond acceptors (Lipinski definition) is 0. The SMILES string of the molecule is [NH-]C(Cl)Cl.[NH-]C(Cl)Cl.[NH-]C(Cl)Cl.[NH-]C(Cl)Cl.[Zr+4]. The topological polar surface area (TPSA) is 95.2 Å². The van der Waals surface area contributed by atoms with Crippen LogP contribution in [0.4, 0.5) is 0 Å². The molecule has 0 aromatic carbocycles. The van der Waals surface area contributed by atoms with Crippen LogP contribution in [0.25, 0.3) is 22.9 Å². The molecule has 17 heavy (non-hydrogen) atoms. The smallest absolute Gasteiger partial charge is 0.648 e. The third-order valence-corrected chi connectivity index (χ3v) is 0. The molecule has 0 aromatic heterocycles. The van der Waals surface area contributed by atoms with Crippen LogP contribution in [-0.4, -0.2) is 19.8 Å². The molecule has 0 aliphatic carbocycles. The molecule has 0 heterocycles. The first-order valence-corrected chi connectivity index (χ1v) is 6.39. The second kappa shape index (κ2) is 27.4. The number of rotatable bonds is 0. The standard InChI is InChI=1S/4CH2Cl2N.Zr/c4*2-1(3)4;/h4*1,4H;/q4*-1;+4. The quantitative estimate of drug-likeness (QED) is 0.255. The summed E-state index contributed by atoms with van der Waals surface area (Å²) in [5, 5.41) is 0. The first-order valence-electron chi connectivity index (χ1n) is 2.90. The van der Waals surface area contributed by atoms with Crippen molar-refractivity contribution in [2.24, 2.45) is 0 Å². The van der Waals surface area contributed by atoms with Crippen molar-refractivity contribution in [2.75, 3.05) is 0 Å². The minimum Gasteiger partial charge on any atom is -0.648 e. The predicted octanol–water partition coefficient (Wildman–Crippen LogP) is 7.20. The van der Waals surface area contributed by atoms with Gasteiger partial charge >= 0.3 is 26.2 Å². The van der Waals surface area contributed by atoms with E-state index in [4.69, 9.17) is 116 Å². The molecule has 0 saturated heterocycles. The Hall–Kier alpha value is 3.04. The minimum atomic E-state index is -0.972. The van der Waals surface area contributed by atoms with E-state index in [1.54, 1.807) is 0 Å². The van der Waals surface area contributed by atoms with Crippen LogP contribution in [0.2, 0.25) is 0 Å². The van der Waals surface area contributed by atoms with E-state index in [2.05, 4.69) is 0 Å². The van der Waals surface area contributed by atoms with Gasteiger partial charge in [-0.1, -0.05) is 0 Å². The number of nitrogens with one attached hydrogen (secondary N) is 4. The van der Waals surface area contributed by atoms with E-state index < -0.39 is 19.8 Å². The maximum absolute atomic E-state index is 6.11. The fraction of sp³-hybridized carbons (Fsp3) is 1.00. The van der Waals surface area contributed by atoms with Gasteiger partial charge in [0.2, 0.25) is 0 Å². The molecule has 0 saturated carbocycles. The van der Waals surface area contributed by atoms with E-state index in [1.807, 2.05) is 0 Å². The molecule has 104 valence electrons. The largest absolute Gasteiger partial charge is 4.00 e. The van der Waals surface area contributed by atoms with Crippen molar-refractivity contribution < 1.29 is 26.2 Å². The average molecular weight is 487 g/mol. The second-order valence-corrected chi connectivity index (χ2v) is 5.59. The van der Waals surface area contributed by atoms with E-state index in [0.717, 1.165) is 0 Å². The van der Waals surface area contributed by atoms with Crippen LogP contribution in [0.1, 0.15) is 0 Å². The van der Waals surface area contributed by atoms with Gasteiger partial charge in [0, 0.05) is 19.8 Å². The normalized spacial score (nSPS) is 8.47. The van der Waals surface area contributed by atoms with E-state index in [-0.39, 0.29) is 26.2 Å². The number of alkyl halides is 8. The molecule has 0 amide bonds. The van der Waals surface area contributed by atoms with Crippen molar-refractivity contribution in [2.45, 2.75) is 19.8 Å². The molecule has 4 N–H and O–H groups in total. The molecule has 0 aromatic rings. The summed E-state index contributed by atoms with van der Waals surface area (Å²) in [7, 11) is 0. The van der Waals surface area contributed by atoms with E-state index in [9.17, 15) is 0 Å². The van der Waals surface area contributed by atoms with Gasteiger partial charge in [0.1, 0.15) is 0 Å². The summed E-state index contributed by atoms with van der Waals surface area (Å²) < 4.78 is 0. The molecule has 0 aliphatic rings. The molecule has 0 bridgehead atoms. The van der Waals surface area contributed by atoms with Gasteiger partial charge in [-0.25, -0.2) is 0 Å². The Labute approximate surface area is 160 Å². The summed E-state index contributed by atoms with van der Waals surface area (Å²) in [4.78, 5) is -3.89. The number of hydrogen-bond donors (Lipinski definition) is 0. The minimum absolute atomic E-state index is 0. The van der Waals surface area contributed by atoms with Crippen LogP contribution >= 0.6 is 92.8 Å². The van der Waals surface area contributed by atoms with Crippen LogP contribution in [0.5, 0.6) is 0 Å². The van der Waals surface area contributed by atoms with Gasteiger partial charge in [0.15, 0.2) is 0 Å². The van der Waals surface area contributed by atoms with Crippen LogP contribution in [0, 0.1) is 0 Å². The van der Waals surface area contributed by atoms with E-state index in [0.29, 0.717) is 0 Å². The van der Waals surface area contributed by atoms with Crippen molar-refractivity contribution in [3.63, 3.8) is 0 Å². The third kappa shape index (κ3) is 597. The van der Waals surface area contributed by atoms with Crippen LogP contribution < -0.4 is 0 Å². The Morgan fingerprint density at radius 1 is 0.412 bits per heavy atom. The third-order valence-electron chi connectivity index (χ3n) is 0. The van der Waals surface area contributed by atoms with Gasteiger partial charge < -0.3 is 22.9 Å². The molecule has 0 unspecified atom stereocenters. The Balaban J connectivity index is -0.0000000369. The molecular weight excluding hydrogens is 479 g/mol. The average Bonchev–Trinajstić information content (AvgIpc) is 1.76. The fourth-order valence-corrected chi connectivity index (χ4v) is 0. The maximum Gasteiger partial charge on any atom is 4.00 e. The van der Waals surface area contributed by atoms with Crippen LogP contribution in [-0.2, 0) is 26.2 Å². The molecule has 13 heteroatoms. The molecule has 0 fully saturated rings. The summed E-state index contributed by atoms with van der Waals surface area (Å²) in [6.45, 7) is 0. The Morgan fingerprint density at radius 3 is 0.412 bits per heavy atom. The van der Waals surface area contributed by atoms with Crippen LogP contribution in [0.15, 0.2) is 0 Å². The zero-order valence-electron chi connectivity index (χ0n) is 7.83. The Kier molecular flexibility index (Phi) is 51.8. The fourth-order valence-electron chi connectivity index (χ4n) is 0. The summed E-state index contributed by atoms with van der Waals surface area (Å²) in [6, 6.07) is 0. The second-order valence-electron chi connectivity index (χ2n) is 1.20. The van der Waals surface area contributed by atoms with Crippen LogP contribution in [0.3, 0.4) is 0 Å². The Bertz CT molecular complexity index is 72.5. The predicted molar refractivity (Wildman–Crippen MR) is 79.3 cm³/mol. The van der Waals surface area contributed by atoms with E-state index in [1.165, 1.54) is 0 Å². The molecule has 0 spiro atoms. The van der Waals surface area contributed by atoms with E-state index >= 15 is 0 Å². The summed E-state index contributed by atoms with van der Waals surface area (Å²) >= 11 is 37.7. The van der Waals surface area contributed by atoms with Crippen molar-refractivity contribution >= 4 is 92.8 Å². The van der Waals surface area contributed by atoms with Gasteiger partial charge in [-0.2, -0.15) is 0 Å². The molecule has 4 nitrogen and oxygen atoms in total. The zero-order valence-corrected chi connectivity index (χ0v) is 16.3. The molecule has 0 aliphatic heterocycles. The monoisotopic (exact) mass is 482 g/mol. The maximum atomic E-state index is 6.11. The molecule has 0 radical (unpaired) electrons. The first kappa shape index (κ1) is 32.1. The van der Waals surface area contributed by atoms with Gasteiger partial charge in [0.05, 0.1) is 0 Å². The van der Waals surface area contributed by atoms with Gasteiger partial charge in [-0.05, 0) is 0 Å². The van der Waals surface area contributed by atoms with Gasteiger partial charge in [0.25, 0.3) is 0 Å². The van der Waals surface area contributed by atoms with Crippen molar-refractivity contribution in [1.82, 2.24) is 0 Å².